The first-order valence-corrected chi connectivity index (χ1v) is 9.39. The summed E-state index contributed by atoms with van der Waals surface area (Å²) in [6, 6.07) is 17.1. The van der Waals surface area contributed by atoms with E-state index in [9.17, 15) is 9.50 Å². The van der Waals surface area contributed by atoms with Gasteiger partial charge in [0.05, 0.1) is 6.10 Å². The zero-order valence-electron chi connectivity index (χ0n) is 15.3. The number of likely N-dealkylation sites (tertiary alicyclic amines) is 1. The lowest BCUT2D eigenvalue weighted by Crippen LogP contribution is -2.39. The van der Waals surface area contributed by atoms with E-state index in [0.29, 0.717) is 12.3 Å². The van der Waals surface area contributed by atoms with Gasteiger partial charge in [-0.05, 0) is 80.9 Å². The Hall–Kier alpha value is -1.75. The van der Waals surface area contributed by atoms with E-state index >= 15 is 0 Å². The molecule has 1 aliphatic rings. The van der Waals surface area contributed by atoms with Crippen LogP contribution in [-0.4, -0.2) is 41.2 Å². The minimum atomic E-state index is -0.322. The van der Waals surface area contributed by atoms with Crippen molar-refractivity contribution >= 4 is 0 Å². The number of aryl methyl sites for hydroxylation is 1. The van der Waals surface area contributed by atoms with Crippen LogP contribution in [0.4, 0.5) is 4.39 Å². The van der Waals surface area contributed by atoms with E-state index in [0.717, 1.165) is 44.5 Å². The van der Waals surface area contributed by atoms with Gasteiger partial charge in [-0.1, -0.05) is 42.5 Å². The SMILES string of the molecule is O.OC(Cc1ccc(F)cc1)C1CCN(CCCc2ccccc2)CC1. The standard InChI is InChI=1S/C22H28FNO.H2O/c23-21-10-8-19(9-11-21)17-22(25)20-12-15-24(16-13-20)14-4-7-18-5-2-1-3-6-18;/h1-3,5-6,8-11,20,22,25H,4,7,12-17H2;1H2. The van der Waals surface area contributed by atoms with Gasteiger partial charge in [-0.2, -0.15) is 0 Å². The fourth-order valence-corrected chi connectivity index (χ4v) is 3.74. The zero-order valence-corrected chi connectivity index (χ0v) is 15.3. The van der Waals surface area contributed by atoms with Crippen LogP contribution in [0.1, 0.15) is 30.4 Å². The number of aliphatic hydroxyl groups excluding tert-OH is 1. The molecule has 0 spiro atoms. The molecule has 4 heteroatoms. The highest BCUT2D eigenvalue weighted by atomic mass is 19.1. The second-order valence-electron chi connectivity index (χ2n) is 7.17. The molecule has 0 saturated carbocycles. The predicted octanol–water partition coefficient (Wildman–Crippen LogP) is 3.25. The van der Waals surface area contributed by atoms with Gasteiger partial charge in [0.1, 0.15) is 5.82 Å². The lowest BCUT2D eigenvalue weighted by molar-refractivity contribution is 0.0594. The smallest absolute Gasteiger partial charge is 0.123 e. The van der Waals surface area contributed by atoms with Crippen LogP contribution in [0.3, 0.4) is 0 Å². The van der Waals surface area contributed by atoms with E-state index in [1.165, 1.54) is 24.1 Å². The van der Waals surface area contributed by atoms with E-state index in [1.807, 2.05) is 0 Å². The summed E-state index contributed by atoms with van der Waals surface area (Å²) in [4.78, 5) is 2.52. The van der Waals surface area contributed by atoms with Crippen LogP contribution >= 0.6 is 0 Å². The second kappa shape index (κ2) is 10.4. The Morgan fingerprint density at radius 2 is 1.62 bits per heavy atom. The molecule has 3 rings (SSSR count). The minimum absolute atomic E-state index is 0. The Bertz CT molecular complexity index is 624. The number of aliphatic hydroxyl groups is 1. The van der Waals surface area contributed by atoms with Crippen molar-refractivity contribution in [3.05, 3.63) is 71.5 Å². The number of halogens is 1. The van der Waals surface area contributed by atoms with Crippen LogP contribution in [-0.2, 0) is 12.8 Å². The van der Waals surface area contributed by atoms with Crippen molar-refractivity contribution in [1.82, 2.24) is 4.90 Å². The van der Waals surface area contributed by atoms with Crippen LogP contribution in [0.5, 0.6) is 0 Å². The molecule has 0 aromatic heterocycles. The number of hydrogen-bond donors (Lipinski definition) is 1. The van der Waals surface area contributed by atoms with E-state index in [1.54, 1.807) is 12.1 Å². The maximum absolute atomic E-state index is 13.0. The number of hydrogen-bond acceptors (Lipinski definition) is 2. The molecule has 0 amide bonds. The number of rotatable bonds is 7. The highest BCUT2D eigenvalue weighted by molar-refractivity contribution is 5.17. The molecule has 2 aromatic carbocycles. The Balaban J connectivity index is 0.00000243. The molecule has 1 heterocycles. The van der Waals surface area contributed by atoms with Crippen LogP contribution in [0, 0.1) is 11.7 Å². The summed E-state index contributed by atoms with van der Waals surface area (Å²) >= 11 is 0. The summed E-state index contributed by atoms with van der Waals surface area (Å²) in [5.74, 6) is 0.137. The zero-order chi connectivity index (χ0) is 17.5. The van der Waals surface area contributed by atoms with Crippen molar-refractivity contribution < 1.29 is 15.0 Å². The third kappa shape index (κ3) is 6.20. The molecule has 0 bridgehead atoms. The molecule has 2 aromatic rings. The molecule has 1 saturated heterocycles. The lowest BCUT2D eigenvalue weighted by Gasteiger charge is -2.34. The van der Waals surface area contributed by atoms with Gasteiger partial charge in [-0.15, -0.1) is 0 Å². The van der Waals surface area contributed by atoms with Gasteiger partial charge in [0.25, 0.3) is 0 Å². The van der Waals surface area contributed by atoms with Crippen LogP contribution in [0.15, 0.2) is 54.6 Å². The van der Waals surface area contributed by atoms with E-state index in [2.05, 4.69) is 35.2 Å². The quantitative estimate of drug-likeness (QED) is 0.825. The molecule has 1 atom stereocenters. The average molecular weight is 359 g/mol. The average Bonchev–Trinajstić information content (AvgIpc) is 2.65. The van der Waals surface area contributed by atoms with Gasteiger partial charge in [-0.25, -0.2) is 4.39 Å². The molecule has 1 aliphatic heterocycles. The molecular weight excluding hydrogens is 329 g/mol. The fourth-order valence-electron chi connectivity index (χ4n) is 3.74. The molecule has 1 unspecified atom stereocenters. The number of piperidine rings is 1. The lowest BCUT2D eigenvalue weighted by atomic mass is 9.88. The summed E-state index contributed by atoms with van der Waals surface area (Å²) in [5, 5.41) is 10.5. The van der Waals surface area contributed by atoms with Crippen molar-refractivity contribution in [2.24, 2.45) is 5.92 Å². The molecule has 1 fully saturated rings. The fraction of sp³-hybridized carbons (Fsp3) is 0.455. The number of benzene rings is 2. The Morgan fingerprint density at radius 1 is 0.962 bits per heavy atom. The first-order valence-electron chi connectivity index (χ1n) is 9.39. The van der Waals surface area contributed by atoms with Crippen LogP contribution < -0.4 is 0 Å². The Morgan fingerprint density at radius 3 is 2.27 bits per heavy atom. The summed E-state index contributed by atoms with van der Waals surface area (Å²) in [7, 11) is 0. The van der Waals surface area contributed by atoms with Gasteiger partial charge in [0.2, 0.25) is 0 Å². The highest BCUT2D eigenvalue weighted by Gasteiger charge is 2.25. The molecule has 26 heavy (non-hydrogen) atoms. The normalized spacial score (nSPS) is 16.8. The summed E-state index contributed by atoms with van der Waals surface area (Å²) < 4.78 is 13.0. The summed E-state index contributed by atoms with van der Waals surface area (Å²) in [6.07, 6.45) is 4.72. The van der Waals surface area contributed by atoms with Crippen LogP contribution in [0.2, 0.25) is 0 Å². The van der Waals surface area contributed by atoms with E-state index < -0.39 is 0 Å². The monoisotopic (exact) mass is 359 g/mol. The maximum Gasteiger partial charge on any atom is 0.123 e. The predicted molar refractivity (Wildman–Crippen MR) is 104 cm³/mol. The minimum Gasteiger partial charge on any atom is -0.412 e. The van der Waals surface area contributed by atoms with E-state index in [-0.39, 0.29) is 17.4 Å². The highest BCUT2D eigenvalue weighted by Crippen LogP contribution is 2.23. The van der Waals surface area contributed by atoms with Crippen molar-refractivity contribution in [2.75, 3.05) is 19.6 Å². The summed E-state index contributed by atoms with van der Waals surface area (Å²) in [5.41, 5.74) is 2.42. The van der Waals surface area contributed by atoms with Crippen molar-refractivity contribution in [3.8, 4) is 0 Å². The maximum atomic E-state index is 13.0. The van der Waals surface area contributed by atoms with Gasteiger partial charge in [0, 0.05) is 0 Å². The third-order valence-corrected chi connectivity index (χ3v) is 5.32. The second-order valence-corrected chi connectivity index (χ2v) is 7.17. The molecule has 0 aliphatic carbocycles. The van der Waals surface area contributed by atoms with Crippen molar-refractivity contribution in [3.63, 3.8) is 0 Å². The van der Waals surface area contributed by atoms with Crippen molar-refractivity contribution in [2.45, 2.75) is 38.2 Å². The first kappa shape index (κ1) is 20.6. The van der Waals surface area contributed by atoms with Gasteiger partial charge in [-0.3, -0.25) is 0 Å². The molecule has 3 N–H and O–H groups in total. The van der Waals surface area contributed by atoms with Gasteiger partial charge < -0.3 is 15.5 Å². The van der Waals surface area contributed by atoms with E-state index in [4.69, 9.17) is 0 Å². The molecule has 3 nitrogen and oxygen atoms in total. The largest absolute Gasteiger partial charge is 0.412 e. The topological polar surface area (TPSA) is 55.0 Å². The van der Waals surface area contributed by atoms with Gasteiger partial charge in [0.15, 0.2) is 0 Å². The first-order chi connectivity index (χ1) is 12.2. The molecular formula is C22H30FNO2. The molecule has 142 valence electrons. The third-order valence-electron chi connectivity index (χ3n) is 5.32. The summed E-state index contributed by atoms with van der Waals surface area (Å²) in [6.45, 7) is 3.27. The molecule has 0 radical (unpaired) electrons. The number of nitrogens with zero attached hydrogens (tertiary/aromatic N) is 1. The Labute approximate surface area is 155 Å². The van der Waals surface area contributed by atoms with Crippen LogP contribution in [0.25, 0.3) is 0 Å². The van der Waals surface area contributed by atoms with Gasteiger partial charge >= 0.3 is 0 Å². The Kier molecular flexibility index (Phi) is 8.23. The van der Waals surface area contributed by atoms with Crippen molar-refractivity contribution in [1.29, 1.82) is 0 Å².